The van der Waals surface area contributed by atoms with Gasteiger partial charge in [-0.2, -0.15) is 0 Å². The number of nitrogens with zero attached hydrogens (tertiary/aromatic N) is 2. The van der Waals surface area contributed by atoms with Crippen LogP contribution in [0.1, 0.15) is 59.5 Å². The van der Waals surface area contributed by atoms with Gasteiger partial charge in [0.1, 0.15) is 0 Å². The van der Waals surface area contributed by atoms with E-state index >= 15 is 0 Å². The van der Waals surface area contributed by atoms with E-state index in [1.165, 1.54) is 11.1 Å². The number of rotatable bonds is 12. The molecule has 0 radical (unpaired) electrons. The molecular weight excluding hydrogens is 534 g/mol. The summed E-state index contributed by atoms with van der Waals surface area (Å²) in [6.07, 6.45) is 3.15. The van der Waals surface area contributed by atoms with E-state index in [9.17, 15) is 9.59 Å². The Balaban J connectivity index is 1.31. The highest BCUT2D eigenvalue weighted by Gasteiger charge is 2.32. The molecule has 2 atom stereocenters. The Kier molecular flexibility index (Phi) is 10.2. The largest absolute Gasteiger partial charge is 0.370 e. The van der Waals surface area contributed by atoms with Crippen LogP contribution in [0.5, 0.6) is 0 Å². The van der Waals surface area contributed by atoms with Gasteiger partial charge in [0.25, 0.3) is 0 Å². The molecule has 0 spiro atoms. The molecule has 7 nitrogen and oxygen atoms in total. The van der Waals surface area contributed by atoms with Crippen molar-refractivity contribution < 1.29 is 9.59 Å². The predicted octanol–water partition coefficient (Wildman–Crippen LogP) is 5.25. The molecule has 222 valence electrons. The lowest BCUT2D eigenvalue weighted by atomic mass is 9.90. The molecule has 1 fully saturated rings. The average Bonchev–Trinajstić information content (AvgIpc) is 3.19. The Bertz CT molecular complexity index is 1500. The number of ketones is 1. The maximum absolute atomic E-state index is 14.0. The number of nitrogens with two attached hydrogens (primary N) is 2. The monoisotopic (exact) mass is 575 g/mol. The van der Waals surface area contributed by atoms with Crippen molar-refractivity contribution in [1.29, 1.82) is 0 Å². The summed E-state index contributed by atoms with van der Waals surface area (Å²) in [5.74, 6) is 0.322. The zero-order valence-electron chi connectivity index (χ0n) is 24.6. The smallest absolute Gasteiger partial charge is 0.239 e. The van der Waals surface area contributed by atoms with Crippen molar-refractivity contribution >= 4 is 28.4 Å². The first-order chi connectivity index (χ1) is 21.0. The molecular formula is C36H41N5O2. The summed E-state index contributed by atoms with van der Waals surface area (Å²) in [4.78, 5) is 33.4. The molecule has 1 saturated heterocycles. The minimum atomic E-state index is -0.371. The van der Waals surface area contributed by atoms with E-state index in [1.807, 2.05) is 77.7 Å². The van der Waals surface area contributed by atoms with Crippen molar-refractivity contribution in [2.45, 2.75) is 50.1 Å². The highest BCUT2D eigenvalue weighted by Crippen LogP contribution is 2.27. The molecule has 0 aliphatic carbocycles. The maximum Gasteiger partial charge on any atom is 0.239 e. The van der Waals surface area contributed by atoms with Crippen LogP contribution in [0.2, 0.25) is 0 Å². The number of Topliss-reactive ketones (excluding diaryl/α,β-unsaturated/α-hetero) is 1. The van der Waals surface area contributed by atoms with Gasteiger partial charge in [-0.05, 0) is 53.6 Å². The third-order valence-corrected chi connectivity index (χ3v) is 8.34. The lowest BCUT2D eigenvalue weighted by Gasteiger charge is -2.29. The molecule has 2 unspecified atom stereocenters. The van der Waals surface area contributed by atoms with E-state index in [-0.39, 0.29) is 35.7 Å². The summed E-state index contributed by atoms with van der Waals surface area (Å²) >= 11 is 0. The second-order valence-corrected chi connectivity index (χ2v) is 11.3. The van der Waals surface area contributed by atoms with Gasteiger partial charge in [0.2, 0.25) is 5.91 Å². The number of fused-ring (bicyclic) bond motifs is 1. The number of nitrogens with one attached hydrogen (secondary N) is 1. The van der Waals surface area contributed by atoms with Crippen molar-refractivity contribution in [1.82, 2.24) is 10.2 Å². The number of benzene rings is 4. The molecule has 1 amide bonds. The van der Waals surface area contributed by atoms with Crippen molar-refractivity contribution in [3.63, 3.8) is 0 Å². The quantitative estimate of drug-likeness (QED) is 0.0925. The molecule has 0 saturated carbocycles. The van der Waals surface area contributed by atoms with Gasteiger partial charge < -0.3 is 21.7 Å². The van der Waals surface area contributed by atoms with E-state index in [0.717, 1.165) is 22.8 Å². The molecule has 43 heavy (non-hydrogen) atoms. The van der Waals surface area contributed by atoms with E-state index in [4.69, 9.17) is 11.5 Å². The lowest BCUT2D eigenvalue weighted by Crippen LogP contribution is -2.46. The fourth-order valence-corrected chi connectivity index (χ4v) is 6.01. The minimum absolute atomic E-state index is 0.0401. The van der Waals surface area contributed by atoms with E-state index in [1.54, 1.807) is 0 Å². The number of hydrogen-bond donors (Lipinski definition) is 3. The van der Waals surface area contributed by atoms with Crippen LogP contribution in [0.4, 0.5) is 0 Å². The summed E-state index contributed by atoms with van der Waals surface area (Å²) in [6, 6.07) is 34.4. The molecule has 5 N–H and O–H groups in total. The van der Waals surface area contributed by atoms with E-state index < -0.39 is 0 Å². The maximum atomic E-state index is 14.0. The van der Waals surface area contributed by atoms with Crippen LogP contribution in [-0.4, -0.2) is 54.3 Å². The average molecular weight is 576 g/mol. The minimum Gasteiger partial charge on any atom is -0.370 e. The van der Waals surface area contributed by atoms with Crippen LogP contribution in [-0.2, 0) is 4.79 Å². The Morgan fingerprint density at radius 3 is 2.19 bits per heavy atom. The summed E-state index contributed by atoms with van der Waals surface area (Å²) in [5.41, 5.74) is 14.1. The molecule has 0 aromatic heterocycles. The number of aliphatic imine (C=N–C) groups is 1. The van der Waals surface area contributed by atoms with Crippen LogP contribution in [0.15, 0.2) is 108 Å². The molecule has 1 aliphatic rings. The van der Waals surface area contributed by atoms with Crippen molar-refractivity contribution in [3.8, 4) is 0 Å². The van der Waals surface area contributed by atoms with Gasteiger partial charge in [0.05, 0.1) is 6.04 Å². The Hall–Kier alpha value is -4.49. The molecule has 4 aromatic carbocycles. The second kappa shape index (κ2) is 14.6. The predicted molar refractivity (Wildman–Crippen MR) is 174 cm³/mol. The third kappa shape index (κ3) is 8.08. The summed E-state index contributed by atoms with van der Waals surface area (Å²) < 4.78 is 0. The van der Waals surface area contributed by atoms with Gasteiger partial charge in [-0.25, -0.2) is 0 Å². The molecule has 0 bridgehead atoms. The normalized spacial score (nSPS) is 17.1. The fourth-order valence-electron chi connectivity index (χ4n) is 6.01. The van der Waals surface area contributed by atoms with Gasteiger partial charge in [-0.3, -0.25) is 14.6 Å². The van der Waals surface area contributed by atoms with Crippen molar-refractivity contribution in [2.75, 3.05) is 19.6 Å². The summed E-state index contributed by atoms with van der Waals surface area (Å²) in [6.45, 7) is 1.68. The fraction of sp³-hybridized carbons (Fsp3) is 0.306. The van der Waals surface area contributed by atoms with Gasteiger partial charge >= 0.3 is 0 Å². The number of guanidine groups is 1. The summed E-state index contributed by atoms with van der Waals surface area (Å²) in [7, 11) is 0. The number of hydrogen-bond acceptors (Lipinski definition) is 4. The number of amides is 1. The first-order valence-electron chi connectivity index (χ1n) is 15.2. The van der Waals surface area contributed by atoms with Gasteiger partial charge in [-0.1, -0.05) is 97.1 Å². The molecule has 4 aromatic rings. The first-order valence-corrected chi connectivity index (χ1v) is 15.2. The van der Waals surface area contributed by atoms with Gasteiger partial charge in [0.15, 0.2) is 11.7 Å². The standard InChI is InChI=1S/C36H41N5O2/c37-36(38)39-22-9-16-33-35(43)41(25-32(27-11-3-1-4-12-27)28-13-5-2-6-14-28)23-21-31(40-33)19-20-34(42)30-18-17-26-10-7-8-15-29(26)24-30/h1-8,10-15,17-18,24,31-33,40H,9,16,19-23,25H2,(H4,37,38,39). The van der Waals surface area contributed by atoms with Crippen LogP contribution in [0, 0.1) is 0 Å². The van der Waals surface area contributed by atoms with E-state index in [0.29, 0.717) is 45.3 Å². The van der Waals surface area contributed by atoms with Crippen LogP contribution < -0.4 is 16.8 Å². The zero-order valence-corrected chi connectivity index (χ0v) is 24.6. The van der Waals surface area contributed by atoms with Crippen LogP contribution in [0.25, 0.3) is 10.8 Å². The second-order valence-electron chi connectivity index (χ2n) is 11.3. The first kappa shape index (κ1) is 30.0. The Labute approximate surface area is 254 Å². The highest BCUT2D eigenvalue weighted by atomic mass is 16.2. The van der Waals surface area contributed by atoms with Crippen molar-refractivity contribution in [3.05, 3.63) is 120 Å². The summed E-state index contributed by atoms with van der Waals surface area (Å²) in [5, 5.41) is 5.80. The molecule has 1 aliphatic heterocycles. The molecule has 5 rings (SSSR count). The zero-order chi connectivity index (χ0) is 30.0. The molecule has 1 heterocycles. The Morgan fingerprint density at radius 2 is 1.51 bits per heavy atom. The Morgan fingerprint density at radius 1 is 0.860 bits per heavy atom. The van der Waals surface area contributed by atoms with E-state index in [2.05, 4.69) is 40.6 Å². The molecule has 7 heteroatoms. The lowest BCUT2D eigenvalue weighted by molar-refractivity contribution is -0.133. The van der Waals surface area contributed by atoms with Crippen LogP contribution in [0.3, 0.4) is 0 Å². The SMILES string of the molecule is NC(N)=NCCCC1NC(CCC(=O)c2ccc3ccccc3c2)CCN(CC(c2ccccc2)c2ccccc2)C1=O. The van der Waals surface area contributed by atoms with Crippen LogP contribution >= 0.6 is 0 Å². The highest BCUT2D eigenvalue weighted by molar-refractivity contribution is 6.00. The van der Waals surface area contributed by atoms with Gasteiger partial charge in [0, 0.05) is 43.6 Å². The third-order valence-electron chi connectivity index (χ3n) is 8.34. The number of carbonyl (C=O) groups is 2. The van der Waals surface area contributed by atoms with Gasteiger partial charge in [-0.15, -0.1) is 0 Å². The number of carbonyl (C=O) groups excluding carboxylic acids is 2. The topological polar surface area (TPSA) is 114 Å². The van der Waals surface area contributed by atoms with Crippen molar-refractivity contribution in [2.24, 2.45) is 16.5 Å².